The van der Waals surface area contributed by atoms with Gasteiger partial charge in [-0.15, -0.1) is 0 Å². The van der Waals surface area contributed by atoms with Crippen LogP contribution in [0.2, 0.25) is 0 Å². The summed E-state index contributed by atoms with van der Waals surface area (Å²) in [6, 6.07) is 4.14. The van der Waals surface area contributed by atoms with Crippen LogP contribution in [0, 0.1) is 11.3 Å². The van der Waals surface area contributed by atoms with E-state index in [2.05, 4.69) is 21.4 Å². The molecule has 0 bridgehead atoms. The highest BCUT2D eigenvalue weighted by atomic mass is 16.2. The Hall–Kier alpha value is -4.00. The van der Waals surface area contributed by atoms with E-state index in [9.17, 15) is 10.1 Å². The van der Waals surface area contributed by atoms with Crippen molar-refractivity contribution in [2.24, 2.45) is 7.05 Å². The SMILES string of the molecule is CC(=O)N1CC(CC#N)(n2cc(-c3nc(-c4cnn(C)c4)cn4nccc34)cn2)C1. The largest absolute Gasteiger partial charge is 0.338 e. The highest BCUT2D eigenvalue weighted by Crippen LogP contribution is 2.34. The molecule has 0 radical (unpaired) electrons. The molecule has 1 fully saturated rings. The molecule has 0 unspecified atom stereocenters. The molecule has 0 spiro atoms. The number of hydrogen-bond acceptors (Lipinski definition) is 6. The first kappa shape index (κ1) is 18.1. The van der Waals surface area contributed by atoms with Gasteiger partial charge < -0.3 is 4.90 Å². The van der Waals surface area contributed by atoms with Crippen LogP contribution in [0.15, 0.2) is 43.2 Å². The molecule has 0 aromatic carbocycles. The lowest BCUT2D eigenvalue weighted by atomic mass is 9.87. The van der Waals surface area contributed by atoms with Crippen LogP contribution in [0.1, 0.15) is 13.3 Å². The first-order valence-electron chi connectivity index (χ1n) is 9.50. The van der Waals surface area contributed by atoms with E-state index >= 15 is 0 Å². The minimum absolute atomic E-state index is 0.00255. The van der Waals surface area contributed by atoms with Crippen molar-refractivity contribution in [3.05, 3.63) is 43.2 Å². The molecule has 10 nitrogen and oxygen atoms in total. The van der Waals surface area contributed by atoms with E-state index in [-0.39, 0.29) is 12.3 Å². The van der Waals surface area contributed by atoms with Crippen molar-refractivity contribution in [2.45, 2.75) is 18.9 Å². The summed E-state index contributed by atoms with van der Waals surface area (Å²) in [6.07, 6.45) is 11.2. The average Bonchev–Trinajstić information content (AvgIpc) is 3.43. The number of hydrogen-bond donors (Lipinski definition) is 0. The first-order valence-corrected chi connectivity index (χ1v) is 9.50. The number of carbonyl (C=O) groups excluding carboxylic acids is 1. The molecule has 5 rings (SSSR count). The van der Waals surface area contributed by atoms with Crippen LogP contribution in [-0.2, 0) is 17.4 Å². The third-order valence-corrected chi connectivity index (χ3v) is 5.56. The van der Waals surface area contributed by atoms with Gasteiger partial charge in [0.05, 0.1) is 54.2 Å². The first-order chi connectivity index (χ1) is 14.5. The fourth-order valence-electron chi connectivity index (χ4n) is 3.91. The lowest BCUT2D eigenvalue weighted by Crippen LogP contribution is -2.63. The Labute approximate surface area is 172 Å². The smallest absolute Gasteiger partial charge is 0.219 e. The Morgan fingerprint density at radius 2 is 1.97 bits per heavy atom. The van der Waals surface area contributed by atoms with Crippen molar-refractivity contribution in [1.82, 2.24) is 39.1 Å². The molecular formula is C20H19N9O. The number of nitriles is 1. The van der Waals surface area contributed by atoms with Gasteiger partial charge >= 0.3 is 0 Å². The second-order valence-corrected chi connectivity index (χ2v) is 7.65. The molecule has 0 saturated carbocycles. The van der Waals surface area contributed by atoms with Crippen LogP contribution in [0.25, 0.3) is 28.0 Å². The molecular weight excluding hydrogens is 382 g/mol. The van der Waals surface area contributed by atoms with E-state index < -0.39 is 5.54 Å². The predicted octanol–water partition coefficient (Wildman–Crippen LogP) is 1.46. The van der Waals surface area contributed by atoms with Crippen molar-refractivity contribution >= 4 is 11.4 Å². The van der Waals surface area contributed by atoms with Crippen LogP contribution in [-0.4, -0.2) is 58.1 Å². The summed E-state index contributed by atoms with van der Waals surface area (Å²) >= 11 is 0. The molecule has 30 heavy (non-hydrogen) atoms. The number of amides is 1. The van der Waals surface area contributed by atoms with E-state index in [1.807, 2.05) is 31.7 Å². The topological polar surface area (TPSA) is 110 Å². The summed E-state index contributed by atoms with van der Waals surface area (Å²) in [5, 5.41) is 22.5. The number of likely N-dealkylation sites (tertiary alicyclic amines) is 1. The fraction of sp³-hybridized carbons (Fsp3) is 0.300. The van der Waals surface area contributed by atoms with Gasteiger partial charge in [0.2, 0.25) is 5.91 Å². The van der Waals surface area contributed by atoms with Crippen molar-refractivity contribution in [3.63, 3.8) is 0 Å². The molecule has 0 atom stereocenters. The molecule has 1 amide bonds. The third kappa shape index (κ3) is 2.75. The molecule has 10 heteroatoms. The summed E-state index contributed by atoms with van der Waals surface area (Å²) in [4.78, 5) is 18.2. The van der Waals surface area contributed by atoms with E-state index in [1.54, 1.807) is 37.4 Å². The van der Waals surface area contributed by atoms with Gasteiger partial charge in [-0.2, -0.15) is 20.6 Å². The lowest BCUT2D eigenvalue weighted by molar-refractivity contribution is -0.140. The summed E-state index contributed by atoms with van der Waals surface area (Å²) in [5.41, 5.74) is 3.56. The van der Waals surface area contributed by atoms with Gasteiger partial charge in [0.25, 0.3) is 0 Å². The molecule has 150 valence electrons. The molecule has 5 heterocycles. The number of carbonyl (C=O) groups is 1. The second-order valence-electron chi connectivity index (χ2n) is 7.65. The van der Waals surface area contributed by atoms with Crippen LogP contribution in [0.5, 0.6) is 0 Å². The zero-order valence-corrected chi connectivity index (χ0v) is 16.6. The minimum Gasteiger partial charge on any atom is -0.338 e. The van der Waals surface area contributed by atoms with Crippen LogP contribution in [0.3, 0.4) is 0 Å². The van der Waals surface area contributed by atoms with Crippen molar-refractivity contribution in [2.75, 3.05) is 13.1 Å². The molecule has 0 aliphatic carbocycles. The summed E-state index contributed by atoms with van der Waals surface area (Å²) in [5.74, 6) is 0.00255. The number of rotatable bonds is 4. The third-order valence-electron chi connectivity index (χ3n) is 5.56. The number of aromatic nitrogens is 7. The van der Waals surface area contributed by atoms with Gasteiger partial charge in [0.15, 0.2) is 0 Å². The lowest BCUT2D eigenvalue weighted by Gasteiger charge is -2.48. The van der Waals surface area contributed by atoms with Gasteiger partial charge in [-0.1, -0.05) is 0 Å². The fourth-order valence-corrected chi connectivity index (χ4v) is 3.91. The van der Waals surface area contributed by atoms with Gasteiger partial charge in [0.1, 0.15) is 5.54 Å². The summed E-state index contributed by atoms with van der Waals surface area (Å²) in [6.45, 7) is 2.49. The normalized spacial score (nSPS) is 15.2. The Kier molecular flexibility index (Phi) is 3.92. The van der Waals surface area contributed by atoms with Gasteiger partial charge in [-0.25, -0.2) is 9.50 Å². The van der Waals surface area contributed by atoms with Crippen LogP contribution >= 0.6 is 0 Å². The zero-order chi connectivity index (χ0) is 20.9. The second kappa shape index (κ2) is 6.52. The number of fused-ring (bicyclic) bond motifs is 1. The minimum atomic E-state index is -0.504. The highest BCUT2D eigenvalue weighted by Gasteiger charge is 2.46. The van der Waals surface area contributed by atoms with E-state index in [4.69, 9.17) is 4.98 Å². The maximum absolute atomic E-state index is 11.7. The van der Waals surface area contributed by atoms with Crippen molar-refractivity contribution < 1.29 is 4.79 Å². The van der Waals surface area contributed by atoms with Gasteiger partial charge in [-0.3, -0.25) is 14.2 Å². The highest BCUT2D eigenvalue weighted by molar-refractivity contribution is 5.78. The molecule has 0 N–H and O–H groups in total. The van der Waals surface area contributed by atoms with E-state index in [0.29, 0.717) is 13.1 Å². The predicted molar refractivity (Wildman–Crippen MR) is 107 cm³/mol. The van der Waals surface area contributed by atoms with E-state index in [0.717, 1.165) is 28.0 Å². The standard InChI is InChI=1S/C20H19N9O/c1-14(30)27-12-20(13-27,4-5-21)29-10-16(8-24-29)19-18-3-6-22-28(18)11-17(25-19)15-7-23-26(2)9-15/h3,6-11H,4,12-13H2,1-2H3. The Balaban J connectivity index is 1.57. The molecule has 4 aromatic rings. The van der Waals surface area contributed by atoms with Crippen molar-refractivity contribution in [1.29, 1.82) is 5.26 Å². The van der Waals surface area contributed by atoms with Gasteiger partial charge in [-0.05, 0) is 6.07 Å². The molecule has 1 aliphatic heterocycles. The molecule has 1 aliphatic rings. The number of nitrogens with zero attached hydrogens (tertiary/aromatic N) is 9. The monoisotopic (exact) mass is 401 g/mol. The Morgan fingerprint density at radius 3 is 2.67 bits per heavy atom. The van der Waals surface area contributed by atoms with E-state index in [1.165, 1.54) is 6.92 Å². The maximum Gasteiger partial charge on any atom is 0.219 e. The number of aryl methyl sites for hydroxylation is 1. The summed E-state index contributed by atoms with van der Waals surface area (Å²) < 4.78 is 5.31. The molecule has 4 aromatic heterocycles. The van der Waals surface area contributed by atoms with Crippen LogP contribution in [0.4, 0.5) is 0 Å². The Morgan fingerprint density at radius 1 is 1.17 bits per heavy atom. The zero-order valence-electron chi connectivity index (χ0n) is 16.6. The Bertz CT molecular complexity index is 1300. The van der Waals surface area contributed by atoms with Crippen molar-refractivity contribution in [3.8, 4) is 28.6 Å². The van der Waals surface area contributed by atoms with Gasteiger partial charge in [0, 0.05) is 50.6 Å². The average molecular weight is 401 g/mol. The summed E-state index contributed by atoms with van der Waals surface area (Å²) in [7, 11) is 1.86. The molecule has 1 saturated heterocycles. The quantitative estimate of drug-likeness (QED) is 0.512. The van der Waals surface area contributed by atoms with Crippen LogP contribution < -0.4 is 0 Å². The maximum atomic E-state index is 11.7.